The van der Waals surface area contributed by atoms with Gasteiger partial charge in [0.05, 0.1) is 6.61 Å². The Labute approximate surface area is 202 Å². The third kappa shape index (κ3) is 7.40. The SMILES string of the molecule is CC(C)(C)OC(=O)N1CCC[C@@H]1C(=O)N1CCCN(C2CCC2)CC1.OCc1cccc(F)c1. The Hall–Kier alpha value is -2.19. The smallest absolute Gasteiger partial charge is 0.410 e. The zero-order valence-electron chi connectivity index (χ0n) is 20.8. The van der Waals surface area contributed by atoms with Gasteiger partial charge in [-0.05, 0) is 70.6 Å². The number of carbonyl (C=O) groups excluding carboxylic acids is 2. The van der Waals surface area contributed by atoms with Crippen LogP contribution in [0.2, 0.25) is 0 Å². The first-order valence-corrected chi connectivity index (χ1v) is 12.6. The minimum absolute atomic E-state index is 0.0994. The second kappa shape index (κ2) is 12.0. The van der Waals surface area contributed by atoms with Crippen molar-refractivity contribution in [3.63, 3.8) is 0 Å². The van der Waals surface area contributed by atoms with E-state index in [0.29, 0.717) is 12.1 Å². The molecule has 34 heavy (non-hydrogen) atoms. The van der Waals surface area contributed by atoms with E-state index in [1.165, 1.54) is 31.4 Å². The first-order chi connectivity index (χ1) is 16.2. The molecule has 1 aromatic rings. The third-order valence-corrected chi connectivity index (χ3v) is 6.67. The number of ether oxygens (including phenoxy) is 1. The fraction of sp³-hybridized carbons (Fsp3) is 0.692. The Morgan fingerprint density at radius 3 is 2.38 bits per heavy atom. The van der Waals surface area contributed by atoms with E-state index in [4.69, 9.17) is 9.84 Å². The number of rotatable bonds is 3. The summed E-state index contributed by atoms with van der Waals surface area (Å²) in [4.78, 5) is 31.7. The molecule has 0 aromatic heterocycles. The lowest BCUT2D eigenvalue weighted by Gasteiger charge is -2.37. The zero-order valence-corrected chi connectivity index (χ0v) is 20.8. The predicted octanol–water partition coefficient (Wildman–Crippen LogP) is 3.79. The number of carbonyl (C=O) groups is 2. The van der Waals surface area contributed by atoms with E-state index < -0.39 is 5.60 Å². The van der Waals surface area contributed by atoms with Crippen molar-refractivity contribution in [3.8, 4) is 0 Å². The number of aliphatic hydroxyl groups is 1. The molecule has 0 spiro atoms. The van der Waals surface area contributed by atoms with Crippen LogP contribution in [0.4, 0.5) is 9.18 Å². The molecule has 3 aliphatic rings. The molecule has 0 radical (unpaired) electrons. The molecular weight excluding hydrogens is 437 g/mol. The summed E-state index contributed by atoms with van der Waals surface area (Å²) in [6.45, 7) is 9.76. The maximum Gasteiger partial charge on any atom is 0.410 e. The largest absolute Gasteiger partial charge is 0.444 e. The number of hydrogen-bond acceptors (Lipinski definition) is 5. The van der Waals surface area contributed by atoms with Crippen LogP contribution < -0.4 is 0 Å². The number of nitrogens with zero attached hydrogens (tertiary/aromatic N) is 3. The van der Waals surface area contributed by atoms with E-state index in [0.717, 1.165) is 51.5 Å². The summed E-state index contributed by atoms with van der Waals surface area (Å²) in [7, 11) is 0. The van der Waals surface area contributed by atoms with Crippen molar-refractivity contribution in [1.82, 2.24) is 14.7 Å². The van der Waals surface area contributed by atoms with Crippen LogP contribution in [0.15, 0.2) is 24.3 Å². The first-order valence-electron chi connectivity index (χ1n) is 12.6. The number of halogens is 1. The highest BCUT2D eigenvalue weighted by molar-refractivity contribution is 5.86. The molecule has 1 aliphatic carbocycles. The average molecular weight is 478 g/mol. The Balaban J connectivity index is 0.000000302. The van der Waals surface area contributed by atoms with Gasteiger partial charge in [-0.2, -0.15) is 0 Å². The van der Waals surface area contributed by atoms with Gasteiger partial charge in [-0.1, -0.05) is 18.6 Å². The molecule has 3 fully saturated rings. The monoisotopic (exact) mass is 477 g/mol. The van der Waals surface area contributed by atoms with E-state index in [9.17, 15) is 14.0 Å². The highest BCUT2D eigenvalue weighted by atomic mass is 19.1. The lowest BCUT2D eigenvalue weighted by molar-refractivity contribution is -0.135. The van der Waals surface area contributed by atoms with Gasteiger partial charge in [0.1, 0.15) is 17.5 Å². The van der Waals surface area contributed by atoms with Crippen molar-refractivity contribution >= 4 is 12.0 Å². The maximum atomic E-state index is 13.1. The van der Waals surface area contributed by atoms with Crippen LogP contribution in [-0.2, 0) is 16.1 Å². The Morgan fingerprint density at radius 1 is 1.03 bits per heavy atom. The Kier molecular flexibility index (Phi) is 9.31. The summed E-state index contributed by atoms with van der Waals surface area (Å²) in [5.74, 6) is -0.194. The van der Waals surface area contributed by atoms with Crippen LogP contribution in [0.1, 0.15) is 64.9 Å². The minimum atomic E-state index is -0.529. The zero-order chi connectivity index (χ0) is 24.7. The van der Waals surface area contributed by atoms with Gasteiger partial charge < -0.3 is 14.7 Å². The highest BCUT2D eigenvalue weighted by Crippen LogP contribution is 2.27. The number of aliphatic hydroxyl groups excluding tert-OH is 1. The van der Waals surface area contributed by atoms with Crippen molar-refractivity contribution in [1.29, 1.82) is 0 Å². The minimum Gasteiger partial charge on any atom is -0.444 e. The molecular formula is C26H40FN3O4. The molecule has 1 saturated carbocycles. The van der Waals surface area contributed by atoms with Crippen LogP contribution in [0.3, 0.4) is 0 Å². The third-order valence-electron chi connectivity index (χ3n) is 6.67. The van der Waals surface area contributed by atoms with Crippen molar-refractivity contribution in [3.05, 3.63) is 35.6 Å². The number of hydrogen-bond donors (Lipinski definition) is 1. The molecule has 2 amide bonds. The van der Waals surface area contributed by atoms with Gasteiger partial charge in [0.15, 0.2) is 0 Å². The molecule has 8 heteroatoms. The van der Waals surface area contributed by atoms with E-state index in [1.807, 2.05) is 25.7 Å². The summed E-state index contributed by atoms with van der Waals surface area (Å²) in [6, 6.07) is 6.29. The van der Waals surface area contributed by atoms with Crippen LogP contribution in [-0.4, -0.2) is 82.2 Å². The summed E-state index contributed by atoms with van der Waals surface area (Å²) < 4.78 is 17.7. The number of benzene rings is 1. The topological polar surface area (TPSA) is 73.3 Å². The lowest BCUT2D eigenvalue weighted by atomic mass is 9.91. The molecule has 190 valence electrons. The van der Waals surface area contributed by atoms with Gasteiger partial charge in [-0.3, -0.25) is 14.6 Å². The van der Waals surface area contributed by atoms with Gasteiger partial charge in [0.25, 0.3) is 0 Å². The van der Waals surface area contributed by atoms with Gasteiger partial charge in [0, 0.05) is 38.8 Å². The molecule has 1 N–H and O–H groups in total. The van der Waals surface area contributed by atoms with E-state index in [-0.39, 0.29) is 30.5 Å². The van der Waals surface area contributed by atoms with E-state index in [1.54, 1.807) is 17.0 Å². The molecule has 2 heterocycles. The molecule has 2 saturated heterocycles. The lowest BCUT2D eigenvalue weighted by Crippen LogP contribution is -2.50. The molecule has 7 nitrogen and oxygen atoms in total. The van der Waals surface area contributed by atoms with E-state index in [2.05, 4.69) is 4.90 Å². The van der Waals surface area contributed by atoms with Crippen LogP contribution in [0, 0.1) is 5.82 Å². The van der Waals surface area contributed by atoms with Crippen LogP contribution >= 0.6 is 0 Å². The molecule has 1 atom stereocenters. The second-order valence-corrected chi connectivity index (χ2v) is 10.4. The van der Waals surface area contributed by atoms with Gasteiger partial charge in [-0.15, -0.1) is 0 Å². The summed E-state index contributed by atoms with van der Waals surface area (Å²) in [6.07, 6.45) is 6.26. The number of likely N-dealkylation sites (tertiary alicyclic amines) is 1. The average Bonchev–Trinajstić information content (AvgIpc) is 3.12. The standard InChI is InChI=1S/C19H33N3O3.C7H7FO/c1-19(2,3)25-18(24)22-12-5-9-16(22)17(23)21-11-6-10-20(13-14-21)15-7-4-8-15;8-7-3-1-2-6(4-7)5-9/h15-16H,4-14H2,1-3H3;1-4,9H,5H2/t16-;/m1./s1. The number of amides is 2. The molecule has 0 unspecified atom stereocenters. The van der Waals surface area contributed by atoms with Gasteiger partial charge in [0.2, 0.25) is 5.91 Å². The molecule has 0 bridgehead atoms. The first kappa shape index (κ1) is 26.4. The van der Waals surface area contributed by atoms with Crippen molar-refractivity contribution < 1.29 is 23.8 Å². The normalized spacial score (nSPS) is 21.9. The Morgan fingerprint density at radius 2 is 1.79 bits per heavy atom. The van der Waals surface area contributed by atoms with Crippen molar-refractivity contribution in [2.24, 2.45) is 0 Å². The van der Waals surface area contributed by atoms with E-state index >= 15 is 0 Å². The van der Waals surface area contributed by atoms with Crippen LogP contribution in [0.25, 0.3) is 0 Å². The Bertz CT molecular complexity index is 825. The molecule has 1 aromatic carbocycles. The highest BCUT2D eigenvalue weighted by Gasteiger charge is 2.39. The van der Waals surface area contributed by atoms with Crippen molar-refractivity contribution in [2.45, 2.75) is 83.6 Å². The molecule has 2 aliphatic heterocycles. The summed E-state index contributed by atoms with van der Waals surface area (Å²) in [5.41, 5.74) is 0.0779. The van der Waals surface area contributed by atoms with Gasteiger partial charge in [-0.25, -0.2) is 9.18 Å². The fourth-order valence-corrected chi connectivity index (χ4v) is 4.68. The summed E-state index contributed by atoms with van der Waals surface area (Å²) >= 11 is 0. The molecule has 4 rings (SSSR count). The second-order valence-electron chi connectivity index (χ2n) is 10.4. The van der Waals surface area contributed by atoms with Crippen molar-refractivity contribution in [2.75, 3.05) is 32.7 Å². The van der Waals surface area contributed by atoms with Gasteiger partial charge >= 0.3 is 6.09 Å². The maximum absolute atomic E-state index is 13.1. The fourth-order valence-electron chi connectivity index (χ4n) is 4.68. The summed E-state index contributed by atoms with van der Waals surface area (Å²) in [5, 5.41) is 8.50. The van der Waals surface area contributed by atoms with Crippen LogP contribution in [0.5, 0.6) is 0 Å². The quantitative estimate of drug-likeness (QED) is 0.717. The predicted molar refractivity (Wildman–Crippen MR) is 129 cm³/mol.